The van der Waals surface area contributed by atoms with Gasteiger partial charge in [0.15, 0.2) is 5.54 Å². The van der Waals surface area contributed by atoms with Crippen molar-refractivity contribution < 1.29 is 4.79 Å². The molecule has 0 bridgehead atoms. The fourth-order valence-corrected chi connectivity index (χ4v) is 5.10. The van der Waals surface area contributed by atoms with Gasteiger partial charge in [-0.25, -0.2) is 0 Å². The highest BCUT2D eigenvalue weighted by molar-refractivity contribution is 7.22. The lowest BCUT2D eigenvalue weighted by atomic mass is 9.60. The van der Waals surface area contributed by atoms with Gasteiger partial charge in [-0.1, -0.05) is 36.2 Å². The van der Waals surface area contributed by atoms with E-state index in [4.69, 9.17) is 5.41 Å². The van der Waals surface area contributed by atoms with Crippen LogP contribution in [0.1, 0.15) is 37.3 Å². The zero-order chi connectivity index (χ0) is 17.1. The van der Waals surface area contributed by atoms with Gasteiger partial charge in [0, 0.05) is 11.1 Å². The van der Waals surface area contributed by atoms with Gasteiger partial charge in [0.2, 0.25) is 0 Å². The number of rotatable bonds is 0. The summed E-state index contributed by atoms with van der Waals surface area (Å²) < 4.78 is 0. The lowest BCUT2D eigenvalue weighted by Gasteiger charge is -2.46. The minimum absolute atomic E-state index is 0.00774. The van der Waals surface area contributed by atoms with Crippen LogP contribution >= 0.6 is 9.24 Å². The minimum atomic E-state index is -0.771. The highest BCUT2D eigenvalue weighted by atomic mass is 31.0. The molecule has 2 aliphatic carbocycles. The molecule has 24 heavy (non-hydrogen) atoms. The molecule has 1 saturated heterocycles. The molecular weight excluding hydrogens is 317 g/mol. The lowest BCUT2D eigenvalue weighted by molar-refractivity contribution is -0.129. The maximum Gasteiger partial charge on any atom is 0.256 e. The van der Waals surface area contributed by atoms with E-state index in [0.29, 0.717) is 18.0 Å². The molecule has 3 N–H and O–H groups in total. The van der Waals surface area contributed by atoms with Crippen LogP contribution in [0, 0.1) is 10.8 Å². The number of benzene rings is 1. The molecule has 4 rings (SSSR count). The Morgan fingerprint density at radius 1 is 1.33 bits per heavy atom. The van der Waals surface area contributed by atoms with Crippen molar-refractivity contribution in [3.8, 4) is 0 Å². The predicted octanol–water partition coefficient (Wildman–Crippen LogP) is 2.97. The fourth-order valence-electron chi connectivity index (χ4n) is 4.83. The van der Waals surface area contributed by atoms with Crippen molar-refractivity contribution >= 4 is 20.9 Å². The third-order valence-corrected chi connectivity index (χ3v) is 6.25. The molecule has 1 aromatic rings. The molecule has 3 atom stereocenters. The molecule has 3 aliphatic rings. The van der Waals surface area contributed by atoms with Gasteiger partial charge in [0.05, 0.1) is 5.82 Å². The maximum absolute atomic E-state index is 13.1. The summed E-state index contributed by atoms with van der Waals surface area (Å²) in [5, 5.41) is 15.7. The molecule has 1 aliphatic heterocycles. The third kappa shape index (κ3) is 1.83. The molecule has 0 radical (unpaired) electrons. The SMILES string of the molecule is C=C1NC(=O)C2(N1)c1ccccc1CC21CCC(=N)/C(=C(/C)P)C1. The lowest BCUT2D eigenvalue weighted by Crippen LogP contribution is -2.56. The number of fused-ring (bicyclic) bond motifs is 3. The van der Waals surface area contributed by atoms with Gasteiger partial charge < -0.3 is 16.0 Å². The Labute approximate surface area is 144 Å². The molecule has 1 amide bonds. The number of carbonyl (C=O) groups is 1. The maximum atomic E-state index is 13.1. The van der Waals surface area contributed by atoms with E-state index in [1.165, 1.54) is 5.56 Å². The fraction of sp³-hybridized carbons (Fsp3) is 0.368. The smallest absolute Gasteiger partial charge is 0.256 e. The monoisotopic (exact) mass is 339 g/mol. The Bertz CT molecular complexity index is 824. The van der Waals surface area contributed by atoms with E-state index in [1.807, 2.05) is 19.1 Å². The van der Waals surface area contributed by atoms with Crippen molar-refractivity contribution in [3.05, 3.63) is 58.7 Å². The van der Waals surface area contributed by atoms with Gasteiger partial charge in [0.1, 0.15) is 0 Å². The Hall–Kier alpha value is -1.93. The van der Waals surface area contributed by atoms with Crippen LogP contribution in [0.3, 0.4) is 0 Å². The van der Waals surface area contributed by atoms with Gasteiger partial charge in [-0.3, -0.25) is 4.79 Å². The standard InChI is InChI=1S/C19H22N3OP/c1-11(24)14-10-18(8-7-16(14)20)9-13-5-3-4-6-15(13)19(18)17(23)21-12(2)22-19/h3-6,20,22H,2,7-10,24H2,1H3,(H,21,23)/b14-11-,20-16?. The Balaban J connectivity index is 1.93. The zero-order valence-electron chi connectivity index (χ0n) is 13.8. The van der Waals surface area contributed by atoms with Gasteiger partial charge >= 0.3 is 0 Å². The summed E-state index contributed by atoms with van der Waals surface area (Å²) in [6.45, 7) is 5.97. The third-order valence-electron chi connectivity index (χ3n) is 5.90. The largest absolute Gasteiger partial charge is 0.354 e. The van der Waals surface area contributed by atoms with E-state index in [0.717, 1.165) is 35.7 Å². The van der Waals surface area contributed by atoms with Crippen molar-refractivity contribution in [2.45, 2.75) is 38.1 Å². The van der Waals surface area contributed by atoms with Gasteiger partial charge in [-0.15, -0.1) is 9.24 Å². The van der Waals surface area contributed by atoms with Crippen molar-refractivity contribution in [1.29, 1.82) is 5.41 Å². The minimum Gasteiger partial charge on any atom is -0.354 e. The second-order valence-electron chi connectivity index (χ2n) is 7.24. The average Bonchev–Trinajstić information content (AvgIpc) is 2.98. The second kappa shape index (κ2) is 5.03. The molecule has 2 spiro atoms. The van der Waals surface area contributed by atoms with Crippen LogP contribution in [0.4, 0.5) is 0 Å². The number of hydrogen-bond acceptors (Lipinski definition) is 3. The molecule has 1 heterocycles. The van der Waals surface area contributed by atoms with Crippen LogP contribution in [0.25, 0.3) is 0 Å². The van der Waals surface area contributed by atoms with E-state index in [2.05, 4.69) is 38.6 Å². The number of nitrogens with one attached hydrogen (secondary N) is 3. The highest BCUT2D eigenvalue weighted by Gasteiger charge is 2.65. The molecule has 1 aromatic carbocycles. The van der Waals surface area contributed by atoms with Crippen LogP contribution in [0.5, 0.6) is 0 Å². The summed E-state index contributed by atoms with van der Waals surface area (Å²) in [7, 11) is 2.73. The van der Waals surface area contributed by atoms with Crippen LogP contribution in [-0.4, -0.2) is 11.6 Å². The van der Waals surface area contributed by atoms with Gasteiger partial charge in [-0.05, 0) is 49.3 Å². The molecule has 4 nitrogen and oxygen atoms in total. The number of amides is 1. The topological polar surface area (TPSA) is 65.0 Å². The highest BCUT2D eigenvalue weighted by Crippen LogP contribution is 2.59. The summed E-state index contributed by atoms with van der Waals surface area (Å²) in [4.78, 5) is 13.1. The summed E-state index contributed by atoms with van der Waals surface area (Å²) in [6, 6.07) is 8.22. The first-order chi connectivity index (χ1) is 11.4. The van der Waals surface area contributed by atoms with E-state index < -0.39 is 5.54 Å². The zero-order valence-corrected chi connectivity index (χ0v) is 15.0. The average molecular weight is 339 g/mol. The van der Waals surface area contributed by atoms with Gasteiger partial charge in [-0.2, -0.15) is 0 Å². The molecule has 3 unspecified atom stereocenters. The summed E-state index contributed by atoms with van der Waals surface area (Å²) in [6.07, 6.45) is 3.13. The second-order valence-corrected chi connectivity index (χ2v) is 8.10. The van der Waals surface area contributed by atoms with E-state index in [-0.39, 0.29) is 11.3 Å². The van der Waals surface area contributed by atoms with Crippen LogP contribution in [0.2, 0.25) is 0 Å². The number of hydrogen-bond donors (Lipinski definition) is 3. The van der Waals surface area contributed by atoms with Crippen LogP contribution in [-0.2, 0) is 16.8 Å². The molecule has 0 aromatic heterocycles. The normalized spacial score (nSPS) is 33.7. The van der Waals surface area contributed by atoms with Crippen molar-refractivity contribution in [2.75, 3.05) is 0 Å². The first-order valence-electron chi connectivity index (χ1n) is 8.30. The summed E-state index contributed by atoms with van der Waals surface area (Å²) in [5.41, 5.74) is 3.05. The summed E-state index contributed by atoms with van der Waals surface area (Å²) >= 11 is 0. The van der Waals surface area contributed by atoms with Crippen molar-refractivity contribution in [3.63, 3.8) is 0 Å². The van der Waals surface area contributed by atoms with E-state index in [1.54, 1.807) is 0 Å². The number of carbonyl (C=O) groups excluding carboxylic acids is 1. The molecule has 1 saturated carbocycles. The Morgan fingerprint density at radius 2 is 2.08 bits per heavy atom. The Morgan fingerprint density at radius 3 is 2.75 bits per heavy atom. The summed E-state index contributed by atoms with van der Waals surface area (Å²) in [5.74, 6) is 0.566. The van der Waals surface area contributed by atoms with Crippen molar-refractivity contribution in [1.82, 2.24) is 10.6 Å². The van der Waals surface area contributed by atoms with Crippen molar-refractivity contribution in [2.24, 2.45) is 5.41 Å². The first-order valence-corrected chi connectivity index (χ1v) is 8.87. The molecule has 5 heteroatoms. The molecule has 2 fully saturated rings. The Kier molecular flexibility index (Phi) is 3.27. The van der Waals surface area contributed by atoms with E-state index in [9.17, 15) is 4.79 Å². The van der Waals surface area contributed by atoms with E-state index >= 15 is 0 Å². The van der Waals surface area contributed by atoms with Crippen LogP contribution in [0.15, 0.2) is 47.6 Å². The van der Waals surface area contributed by atoms with Gasteiger partial charge in [0.25, 0.3) is 5.91 Å². The quantitative estimate of drug-likeness (QED) is 0.636. The van der Waals surface area contributed by atoms with Crippen LogP contribution < -0.4 is 10.6 Å². The number of allylic oxidation sites excluding steroid dienone is 2. The predicted molar refractivity (Wildman–Crippen MR) is 98.7 cm³/mol. The molecular formula is C19H22N3OP. The first kappa shape index (κ1) is 15.6. The molecule has 124 valence electrons.